The van der Waals surface area contributed by atoms with Crippen molar-refractivity contribution in [1.29, 1.82) is 0 Å². The molecule has 0 saturated carbocycles. The Bertz CT molecular complexity index is 457. The Morgan fingerprint density at radius 2 is 1.94 bits per heavy atom. The SMILES string of the molecule is CCCCNS(=O)(=O)c1ccc(N)c(N)c1. The summed E-state index contributed by atoms with van der Waals surface area (Å²) in [7, 11) is -3.46. The van der Waals surface area contributed by atoms with Crippen LogP contribution in [0, 0.1) is 0 Å². The van der Waals surface area contributed by atoms with Gasteiger partial charge in [-0.25, -0.2) is 13.1 Å². The van der Waals surface area contributed by atoms with E-state index in [1.165, 1.54) is 18.2 Å². The van der Waals surface area contributed by atoms with E-state index >= 15 is 0 Å². The molecule has 0 aromatic heterocycles. The maximum Gasteiger partial charge on any atom is 0.240 e. The summed E-state index contributed by atoms with van der Waals surface area (Å²) < 4.78 is 26.0. The topological polar surface area (TPSA) is 98.2 Å². The van der Waals surface area contributed by atoms with Gasteiger partial charge < -0.3 is 11.5 Å². The molecule has 0 amide bonds. The fourth-order valence-corrected chi connectivity index (χ4v) is 2.30. The van der Waals surface area contributed by atoms with E-state index in [4.69, 9.17) is 11.5 Å². The lowest BCUT2D eigenvalue weighted by Crippen LogP contribution is -2.24. The molecule has 6 heteroatoms. The van der Waals surface area contributed by atoms with Gasteiger partial charge >= 0.3 is 0 Å². The number of nitrogen functional groups attached to an aromatic ring is 2. The van der Waals surface area contributed by atoms with Crippen LogP contribution < -0.4 is 16.2 Å². The molecule has 1 aromatic rings. The van der Waals surface area contributed by atoms with Crippen LogP contribution in [0.4, 0.5) is 11.4 Å². The molecule has 0 aliphatic carbocycles. The lowest BCUT2D eigenvalue weighted by molar-refractivity contribution is 0.578. The molecular formula is C10H17N3O2S. The summed E-state index contributed by atoms with van der Waals surface area (Å²) in [6.45, 7) is 2.43. The average molecular weight is 243 g/mol. The third kappa shape index (κ3) is 3.11. The third-order valence-corrected chi connectivity index (χ3v) is 3.65. The number of hydrogen-bond acceptors (Lipinski definition) is 4. The molecule has 5 nitrogen and oxygen atoms in total. The molecule has 1 rings (SSSR count). The van der Waals surface area contributed by atoms with E-state index in [0.29, 0.717) is 12.2 Å². The molecule has 5 N–H and O–H groups in total. The number of unbranched alkanes of at least 4 members (excludes halogenated alkanes) is 1. The van der Waals surface area contributed by atoms with Gasteiger partial charge in [0.05, 0.1) is 16.3 Å². The number of rotatable bonds is 5. The van der Waals surface area contributed by atoms with E-state index in [0.717, 1.165) is 12.8 Å². The van der Waals surface area contributed by atoms with Crippen molar-refractivity contribution in [2.75, 3.05) is 18.0 Å². The molecule has 90 valence electrons. The van der Waals surface area contributed by atoms with Gasteiger partial charge in [-0.1, -0.05) is 13.3 Å². The molecular weight excluding hydrogens is 226 g/mol. The number of nitrogens with one attached hydrogen (secondary N) is 1. The molecule has 0 heterocycles. The molecule has 16 heavy (non-hydrogen) atoms. The summed E-state index contributed by atoms with van der Waals surface area (Å²) in [5.41, 5.74) is 11.7. The summed E-state index contributed by atoms with van der Waals surface area (Å²) in [4.78, 5) is 0.148. The predicted octanol–water partition coefficient (Wildman–Crippen LogP) is 0.929. The van der Waals surface area contributed by atoms with Crippen LogP contribution in [0.25, 0.3) is 0 Å². The Morgan fingerprint density at radius 3 is 2.50 bits per heavy atom. The molecule has 0 aliphatic rings. The first-order valence-corrected chi connectivity index (χ1v) is 6.60. The van der Waals surface area contributed by atoms with E-state index in [1.54, 1.807) is 0 Å². The normalized spacial score (nSPS) is 11.6. The highest BCUT2D eigenvalue weighted by molar-refractivity contribution is 7.89. The number of nitrogens with two attached hydrogens (primary N) is 2. The molecule has 0 fully saturated rings. The first-order chi connectivity index (χ1) is 7.47. The van der Waals surface area contributed by atoms with Crippen LogP contribution in [-0.4, -0.2) is 15.0 Å². The van der Waals surface area contributed by atoms with Crippen LogP contribution in [0.3, 0.4) is 0 Å². The van der Waals surface area contributed by atoms with Crippen molar-refractivity contribution in [2.45, 2.75) is 24.7 Å². The van der Waals surface area contributed by atoms with Crippen molar-refractivity contribution in [2.24, 2.45) is 0 Å². The lowest BCUT2D eigenvalue weighted by Gasteiger charge is -2.07. The van der Waals surface area contributed by atoms with Crippen LogP contribution in [0.15, 0.2) is 23.1 Å². The maximum atomic E-state index is 11.8. The number of anilines is 2. The smallest absolute Gasteiger partial charge is 0.240 e. The van der Waals surface area contributed by atoms with Crippen molar-refractivity contribution in [3.05, 3.63) is 18.2 Å². The Hall–Kier alpha value is -1.27. The highest BCUT2D eigenvalue weighted by Gasteiger charge is 2.13. The third-order valence-electron chi connectivity index (χ3n) is 2.19. The zero-order chi connectivity index (χ0) is 12.2. The van der Waals surface area contributed by atoms with E-state index < -0.39 is 10.0 Å². The number of benzene rings is 1. The minimum Gasteiger partial charge on any atom is -0.397 e. The average Bonchev–Trinajstić information content (AvgIpc) is 2.22. The van der Waals surface area contributed by atoms with Crippen LogP contribution in [0.1, 0.15) is 19.8 Å². The van der Waals surface area contributed by atoms with Crippen molar-refractivity contribution in [3.63, 3.8) is 0 Å². The van der Waals surface area contributed by atoms with E-state index in [9.17, 15) is 8.42 Å². The fourth-order valence-electron chi connectivity index (χ4n) is 1.19. The maximum absolute atomic E-state index is 11.8. The van der Waals surface area contributed by atoms with Crippen molar-refractivity contribution < 1.29 is 8.42 Å². The van der Waals surface area contributed by atoms with Crippen LogP contribution in [-0.2, 0) is 10.0 Å². The summed E-state index contributed by atoms with van der Waals surface area (Å²) >= 11 is 0. The van der Waals surface area contributed by atoms with Crippen molar-refractivity contribution in [1.82, 2.24) is 4.72 Å². The van der Waals surface area contributed by atoms with E-state index in [-0.39, 0.29) is 10.6 Å². The molecule has 0 atom stereocenters. The molecule has 0 spiro atoms. The van der Waals surface area contributed by atoms with Crippen LogP contribution in [0.2, 0.25) is 0 Å². The summed E-state index contributed by atoms with van der Waals surface area (Å²) in [5, 5.41) is 0. The molecule has 0 saturated heterocycles. The first-order valence-electron chi connectivity index (χ1n) is 5.12. The second-order valence-electron chi connectivity index (χ2n) is 3.54. The monoisotopic (exact) mass is 243 g/mol. The molecule has 1 aromatic carbocycles. The Kier molecular flexibility index (Phi) is 4.14. The highest BCUT2D eigenvalue weighted by Crippen LogP contribution is 2.19. The van der Waals surface area contributed by atoms with Crippen molar-refractivity contribution >= 4 is 21.4 Å². The van der Waals surface area contributed by atoms with Gasteiger partial charge in [-0.15, -0.1) is 0 Å². The Balaban J connectivity index is 2.86. The number of hydrogen-bond donors (Lipinski definition) is 3. The van der Waals surface area contributed by atoms with Gasteiger partial charge in [-0.2, -0.15) is 0 Å². The summed E-state index contributed by atoms with van der Waals surface area (Å²) in [6, 6.07) is 4.30. The van der Waals surface area contributed by atoms with E-state index in [2.05, 4.69) is 4.72 Å². The second kappa shape index (κ2) is 5.18. The standard InChI is InChI=1S/C10H17N3O2S/c1-2-3-6-13-16(14,15)8-4-5-9(11)10(12)7-8/h4-5,7,13H,2-3,6,11-12H2,1H3. The first kappa shape index (κ1) is 12.8. The Labute approximate surface area is 95.9 Å². The number of sulfonamides is 1. The van der Waals surface area contributed by atoms with Crippen LogP contribution >= 0.6 is 0 Å². The van der Waals surface area contributed by atoms with Gasteiger partial charge in [0.2, 0.25) is 10.0 Å². The van der Waals surface area contributed by atoms with Crippen LogP contribution in [0.5, 0.6) is 0 Å². The minimum absolute atomic E-state index is 0.148. The Morgan fingerprint density at radius 1 is 1.25 bits per heavy atom. The quantitative estimate of drug-likeness (QED) is 0.529. The van der Waals surface area contributed by atoms with Gasteiger partial charge in [0.15, 0.2) is 0 Å². The zero-order valence-corrected chi connectivity index (χ0v) is 10.0. The zero-order valence-electron chi connectivity index (χ0n) is 9.23. The summed E-state index contributed by atoms with van der Waals surface area (Å²) in [6.07, 6.45) is 1.75. The minimum atomic E-state index is -3.46. The second-order valence-corrected chi connectivity index (χ2v) is 5.31. The molecule has 0 radical (unpaired) electrons. The van der Waals surface area contributed by atoms with Gasteiger partial charge in [-0.05, 0) is 24.6 Å². The molecule has 0 aliphatic heterocycles. The van der Waals surface area contributed by atoms with Gasteiger partial charge in [0, 0.05) is 6.54 Å². The predicted molar refractivity (Wildman–Crippen MR) is 65.4 cm³/mol. The summed E-state index contributed by atoms with van der Waals surface area (Å²) in [5.74, 6) is 0. The highest BCUT2D eigenvalue weighted by atomic mass is 32.2. The fraction of sp³-hybridized carbons (Fsp3) is 0.400. The van der Waals surface area contributed by atoms with Crippen molar-refractivity contribution in [3.8, 4) is 0 Å². The molecule has 0 unspecified atom stereocenters. The van der Waals surface area contributed by atoms with E-state index in [1.807, 2.05) is 6.92 Å². The largest absolute Gasteiger partial charge is 0.397 e. The van der Waals surface area contributed by atoms with Gasteiger partial charge in [-0.3, -0.25) is 0 Å². The molecule has 0 bridgehead atoms. The van der Waals surface area contributed by atoms with Gasteiger partial charge in [0.25, 0.3) is 0 Å². The lowest BCUT2D eigenvalue weighted by atomic mass is 10.3. The van der Waals surface area contributed by atoms with Gasteiger partial charge in [0.1, 0.15) is 0 Å².